The van der Waals surface area contributed by atoms with Crippen LogP contribution >= 0.6 is 11.6 Å². The molecular formula is C23H22ClFN2O4S. The Hall–Kier alpha value is -2.94. The van der Waals surface area contributed by atoms with Gasteiger partial charge in [0, 0.05) is 17.3 Å². The second-order valence-electron chi connectivity index (χ2n) is 6.83. The van der Waals surface area contributed by atoms with Crippen LogP contribution in [0.5, 0.6) is 5.75 Å². The van der Waals surface area contributed by atoms with Gasteiger partial charge in [0.25, 0.3) is 5.91 Å². The van der Waals surface area contributed by atoms with Gasteiger partial charge in [-0.15, -0.1) is 0 Å². The second kappa shape index (κ2) is 10.6. The van der Waals surface area contributed by atoms with E-state index in [1.165, 1.54) is 0 Å². The van der Waals surface area contributed by atoms with Crippen molar-refractivity contribution in [1.82, 2.24) is 4.72 Å². The average Bonchev–Trinajstić information content (AvgIpc) is 2.76. The molecule has 9 heteroatoms. The van der Waals surface area contributed by atoms with Crippen molar-refractivity contribution in [3.8, 4) is 5.75 Å². The number of amides is 1. The van der Waals surface area contributed by atoms with Crippen LogP contribution in [0.2, 0.25) is 5.02 Å². The van der Waals surface area contributed by atoms with E-state index in [2.05, 4.69) is 10.0 Å². The maximum Gasteiger partial charge on any atom is 0.258 e. The summed E-state index contributed by atoms with van der Waals surface area (Å²) in [6, 6.07) is 16.7. The molecule has 0 aliphatic rings. The number of rotatable bonds is 9. The van der Waals surface area contributed by atoms with Crippen molar-refractivity contribution < 1.29 is 22.3 Å². The van der Waals surface area contributed by atoms with E-state index >= 15 is 0 Å². The van der Waals surface area contributed by atoms with Gasteiger partial charge in [-0.2, -0.15) is 0 Å². The van der Waals surface area contributed by atoms with Gasteiger partial charge in [0.1, 0.15) is 11.6 Å². The van der Waals surface area contributed by atoms with Crippen LogP contribution < -0.4 is 14.8 Å². The van der Waals surface area contributed by atoms with Crippen LogP contribution in [0.15, 0.2) is 71.6 Å². The summed E-state index contributed by atoms with van der Waals surface area (Å²) < 4.78 is 47.3. The van der Waals surface area contributed by atoms with Crippen LogP contribution in [-0.2, 0) is 16.4 Å². The quantitative estimate of drug-likeness (QED) is 0.470. The Labute approximate surface area is 191 Å². The highest BCUT2D eigenvalue weighted by Gasteiger charge is 2.19. The molecule has 6 nitrogen and oxygen atoms in total. The predicted octanol–water partition coefficient (Wildman–Crippen LogP) is 4.65. The zero-order valence-electron chi connectivity index (χ0n) is 17.3. The van der Waals surface area contributed by atoms with Gasteiger partial charge in [-0.05, 0) is 73.5 Å². The number of carbonyl (C=O) groups excluding carboxylic acids is 1. The molecule has 0 fully saturated rings. The first-order valence-corrected chi connectivity index (χ1v) is 11.7. The normalized spacial score (nSPS) is 11.2. The lowest BCUT2D eigenvalue weighted by Gasteiger charge is -2.11. The van der Waals surface area contributed by atoms with E-state index in [4.69, 9.17) is 16.3 Å². The van der Waals surface area contributed by atoms with Crippen molar-refractivity contribution in [2.75, 3.05) is 18.5 Å². The Morgan fingerprint density at radius 2 is 1.72 bits per heavy atom. The third-order valence-electron chi connectivity index (χ3n) is 4.53. The van der Waals surface area contributed by atoms with Gasteiger partial charge in [0.2, 0.25) is 10.0 Å². The first-order valence-electron chi connectivity index (χ1n) is 9.86. The summed E-state index contributed by atoms with van der Waals surface area (Å²) in [5, 5.41) is 3.15. The topological polar surface area (TPSA) is 84.5 Å². The molecule has 0 aliphatic heterocycles. The molecule has 0 atom stereocenters. The van der Waals surface area contributed by atoms with Gasteiger partial charge in [0.05, 0.1) is 17.1 Å². The molecule has 3 aromatic rings. The molecule has 0 saturated heterocycles. The lowest BCUT2D eigenvalue weighted by molar-refractivity contribution is 0.102. The van der Waals surface area contributed by atoms with Gasteiger partial charge >= 0.3 is 0 Å². The summed E-state index contributed by atoms with van der Waals surface area (Å²) in [7, 11) is -3.94. The zero-order valence-corrected chi connectivity index (χ0v) is 18.8. The number of hydrogen-bond donors (Lipinski definition) is 2. The molecule has 0 spiro atoms. The molecule has 32 heavy (non-hydrogen) atoms. The Bertz CT molecular complexity index is 1180. The predicted molar refractivity (Wildman–Crippen MR) is 122 cm³/mol. The molecule has 2 N–H and O–H groups in total. The van der Waals surface area contributed by atoms with Crippen molar-refractivity contribution >= 4 is 33.2 Å². The molecule has 0 radical (unpaired) electrons. The summed E-state index contributed by atoms with van der Waals surface area (Å²) in [5.41, 5.74) is 0.957. The van der Waals surface area contributed by atoms with Crippen LogP contribution in [0, 0.1) is 5.82 Å². The molecule has 0 unspecified atom stereocenters. The number of halogens is 2. The highest BCUT2D eigenvalue weighted by molar-refractivity contribution is 7.89. The summed E-state index contributed by atoms with van der Waals surface area (Å²) >= 11 is 5.84. The molecule has 0 aliphatic carbocycles. The first kappa shape index (κ1) is 23.7. The van der Waals surface area contributed by atoms with Crippen molar-refractivity contribution in [1.29, 1.82) is 0 Å². The van der Waals surface area contributed by atoms with Gasteiger partial charge < -0.3 is 10.1 Å². The average molecular weight is 477 g/mol. The van der Waals surface area contributed by atoms with E-state index in [-0.39, 0.29) is 17.0 Å². The SMILES string of the molecule is CCOc1ccc(NC(=O)c2cc(S(=O)(=O)NCCc3ccc(Cl)cc3)ccc2F)cc1. The van der Waals surface area contributed by atoms with E-state index in [1.807, 2.05) is 6.92 Å². The van der Waals surface area contributed by atoms with Crippen LogP contribution in [0.25, 0.3) is 0 Å². The molecule has 0 heterocycles. The second-order valence-corrected chi connectivity index (χ2v) is 9.03. The number of anilines is 1. The number of ether oxygens (including phenoxy) is 1. The minimum absolute atomic E-state index is 0.134. The lowest BCUT2D eigenvalue weighted by atomic mass is 10.2. The van der Waals surface area contributed by atoms with E-state index in [1.54, 1.807) is 48.5 Å². The van der Waals surface area contributed by atoms with E-state index in [9.17, 15) is 17.6 Å². The third-order valence-corrected chi connectivity index (χ3v) is 6.25. The Balaban J connectivity index is 1.69. The number of sulfonamides is 1. The van der Waals surface area contributed by atoms with Crippen molar-refractivity contribution in [3.05, 3.63) is 88.7 Å². The zero-order chi connectivity index (χ0) is 23.1. The minimum atomic E-state index is -3.94. The van der Waals surface area contributed by atoms with Crippen molar-refractivity contribution in [3.63, 3.8) is 0 Å². The lowest BCUT2D eigenvalue weighted by Crippen LogP contribution is -2.26. The fourth-order valence-electron chi connectivity index (χ4n) is 2.91. The molecule has 3 rings (SSSR count). The fraction of sp³-hybridized carbons (Fsp3) is 0.174. The third kappa shape index (κ3) is 6.29. The van der Waals surface area contributed by atoms with E-state index in [0.717, 1.165) is 23.8 Å². The largest absolute Gasteiger partial charge is 0.494 e. The highest BCUT2D eigenvalue weighted by Crippen LogP contribution is 2.19. The minimum Gasteiger partial charge on any atom is -0.494 e. The summed E-state index contributed by atoms with van der Waals surface area (Å²) in [6.07, 6.45) is 0.447. The molecular weight excluding hydrogens is 455 g/mol. The van der Waals surface area contributed by atoms with Crippen molar-refractivity contribution in [2.45, 2.75) is 18.2 Å². The summed E-state index contributed by atoms with van der Waals surface area (Å²) in [4.78, 5) is 12.3. The summed E-state index contributed by atoms with van der Waals surface area (Å²) in [5.74, 6) is -0.951. The number of benzene rings is 3. The Kier molecular flexibility index (Phi) is 7.84. The standard InChI is InChI=1S/C23H22ClFN2O4S/c1-2-31-19-9-7-18(8-10-19)27-23(28)21-15-20(11-12-22(21)25)32(29,30)26-14-13-16-3-5-17(24)6-4-16/h3-12,15,26H,2,13-14H2,1H3,(H,27,28). The molecule has 0 saturated carbocycles. The van der Waals surface area contributed by atoms with Gasteiger partial charge in [-0.1, -0.05) is 23.7 Å². The molecule has 0 aromatic heterocycles. The van der Waals surface area contributed by atoms with Gasteiger partial charge in [0.15, 0.2) is 0 Å². The first-order chi connectivity index (χ1) is 15.3. The van der Waals surface area contributed by atoms with Gasteiger partial charge in [-0.3, -0.25) is 4.79 Å². The number of carbonyl (C=O) groups is 1. The molecule has 0 bridgehead atoms. The van der Waals surface area contributed by atoms with E-state index in [0.29, 0.717) is 29.5 Å². The smallest absolute Gasteiger partial charge is 0.258 e. The monoisotopic (exact) mass is 476 g/mol. The molecule has 168 valence electrons. The van der Waals surface area contributed by atoms with Crippen LogP contribution in [0.4, 0.5) is 10.1 Å². The molecule has 3 aromatic carbocycles. The number of hydrogen-bond acceptors (Lipinski definition) is 4. The highest BCUT2D eigenvalue weighted by atomic mass is 35.5. The maximum absolute atomic E-state index is 14.3. The van der Waals surface area contributed by atoms with Crippen LogP contribution in [0.1, 0.15) is 22.8 Å². The van der Waals surface area contributed by atoms with Crippen LogP contribution in [-0.4, -0.2) is 27.5 Å². The molecule has 1 amide bonds. The van der Waals surface area contributed by atoms with E-state index < -0.39 is 21.7 Å². The Morgan fingerprint density at radius 3 is 2.38 bits per heavy atom. The number of nitrogens with one attached hydrogen (secondary N) is 2. The van der Waals surface area contributed by atoms with Crippen molar-refractivity contribution in [2.24, 2.45) is 0 Å². The van der Waals surface area contributed by atoms with Gasteiger partial charge in [-0.25, -0.2) is 17.5 Å². The summed E-state index contributed by atoms with van der Waals surface area (Å²) in [6.45, 7) is 2.49. The van der Waals surface area contributed by atoms with Crippen LogP contribution in [0.3, 0.4) is 0 Å². The Morgan fingerprint density at radius 1 is 1.03 bits per heavy atom. The fourth-order valence-corrected chi connectivity index (χ4v) is 4.09. The maximum atomic E-state index is 14.3.